The highest BCUT2D eigenvalue weighted by Gasteiger charge is 2.06. The summed E-state index contributed by atoms with van der Waals surface area (Å²) >= 11 is 0. The summed E-state index contributed by atoms with van der Waals surface area (Å²) in [6.07, 6.45) is 0.313. The van der Waals surface area contributed by atoms with Gasteiger partial charge >= 0.3 is 0 Å². The van der Waals surface area contributed by atoms with Gasteiger partial charge < -0.3 is 14.2 Å². The predicted octanol–water partition coefficient (Wildman–Crippen LogP) is 3.36. The summed E-state index contributed by atoms with van der Waals surface area (Å²) in [4.78, 5) is 0. The molecule has 0 atom stereocenters. The third kappa shape index (κ3) is 4.13. The maximum Gasteiger partial charge on any atom is 0.165 e. The molecule has 0 aliphatic carbocycles. The molecular formula is C17H16FNO3. The lowest BCUT2D eigenvalue weighted by atomic mass is 10.1. The minimum absolute atomic E-state index is 0.197. The molecule has 5 heteroatoms. The molecule has 2 rings (SSSR count). The average molecular weight is 301 g/mol. The first-order valence-corrected chi connectivity index (χ1v) is 6.78. The standard InChI is InChI=1S/C17H16FNO3/c1-20-17-12-13(8-9-19)6-7-16(17)22-11-10-21-15-5-3-2-4-14(15)18/h2-7,12H,8,10-11H2,1H3. The van der Waals surface area contributed by atoms with Crippen LogP contribution in [-0.4, -0.2) is 20.3 Å². The zero-order valence-corrected chi connectivity index (χ0v) is 12.2. The second kappa shape index (κ2) is 7.89. The molecule has 2 aromatic carbocycles. The lowest BCUT2D eigenvalue weighted by Crippen LogP contribution is -2.10. The Bertz CT molecular complexity index is 667. The summed E-state index contributed by atoms with van der Waals surface area (Å²) in [5, 5.41) is 8.69. The van der Waals surface area contributed by atoms with Gasteiger partial charge in [-0.3, -0.25) is 0 Å². The normalized spacial score (nSPS) is 9.86. The molecule has 0 amide bonds. The van der Waals surface area contributed by atoms with Crippen LogP contribution in [0.3, 0.4) is 0 Å². The molecule has 0 aromatic heterocycles. The predicted molar refractivity (Wildman–Crippen MR) is 79.7 cm³/mol. The van der Waals surface area contributed by atoms with Gasteiger partial charge in [0.2, 0.25) is 0 Å². The lowest BCUT2D eigenvalue weighted by Gasteiger charge is -2.12. The number of nitrogens with zero attached hydrogens (tertiary/aromatic N) is 1. The maximum atomic E-state index is 13.4. The van der Waals surface area contributed by atoms with Gasteiger partial charge in [-0.1, -0.05) is 18.2 Å². The first-order chi connectivity index (χ1) is 10.7. The van der Waals surface area contributed by atoms with Crippen molar-refractivity contribution in [2.24, 2.45) is 0 Å². The number of para-hydroxylation sites is 1. The Morgan fingerprint density at radius 1 is 1.00 bits per heavy atom. The summed E-state index contributed by atoms with van der Waals surface area (Å²) in [6, 6.07) is 13.6. The molecule has 4 nitrogen and oxygen atoms in total. The molecule has 0 saturated carbocycles. The van der Waals surface area contributed by atoms with Crippen LogP contribution in [0, 0.1) is 17.1 Å². The average Bonchev–Trinajstić information content (AvgIpc) is 2.54. The van der Waals surface area contributed by atoms with Crippen molar-refractivity contribution in [2.75, 3.05) is 20.3 Å². The van der Waals surface area contributed by atoms with Gasteiger partial charge in [0.15, 0.2) is 23.1 Å². The number of hydrogen-bond donors (Lipinski definition) is 0. The third-order valence-corrected chi connectivity index (χ3v) is 2.95. The molecule has 0 bridgehead atoms. The van der Waals surface area contributed by atoms with Crippen molar-refractivity contribution < 1.29 is 18.6 Å². The molecule has 0 N–H and O–H groups in total. The number of rotatable bonds is 7. The van der Waals surface area contributed by atoms with Gasteiger partial charge in [-0.15, -0.1) is 0 Å². The van der Waals surface area contributed by atoms with E-state index < -0.39 is 5.82 Å². The van der Waals surface area contributed by atoms with Crippen molar-refractivity contribution in [2.45, 2.75) is 6.42 Å². The molecule has 0 fully saturated rings. The van der Waals surface area contributed by atoms with Gasteiger partial charge in [-0.05, 0) is 29.8 Å². The molecule has 0 spiro atoms. The Kier molecular flexibility index (Phi) is 5.61. The summed E-state index contributed by atoms with van der Waals surface area (Å²) in [7, 11) is 1.54. The second-order valence-corrected chi connectivity index (χ2v) is 4.45. The van der Waals surface area contributed by atoms with Crippen LogP contribution in [0.5, 0.6) is 17.2 Å². The lowest BCUT2D eigenvalue weighted by molar-refractivity contribution is 0.206. The van der Waals surface area contributed by atoms with Gasteiger partial charge in [0.1, 0.15) is 13.2 Å². The minimum Gasteiger partial charge on any atom is -0.493 e. The number of halogens is 1. The van der Waals surface area contributed by atoms with Crippen LogP contribution in [0.2, 0.25) is 0 Å². The van der Waals surface area contributed by atoms with Crippen molar-refractivity contribution in [3.05, 3.63) is 53.8 Å². The number of benzene rings is 2. The van der Waals surface area contributed by atoms with Crippen molar-refractivity contribution in [3.8, 4) is 23.3 Å². The highest BCUT2D eigenvalue weighted by atomic mass is 19.1. The second-order valence-electron chi connectivity index (χ2n) is 4.45. The Morgan fingerprint density at radius 3 is 2.41 bits per heavy atom. The van der Waals surface area contributed by atoms with E-state index in [9.17, 15) is 4.39 Å². The van der Waals surface area contributed by atoms with E-state index in [0.29, 0.717) is 17.9 Å². The summed E-state index contributed by atoms with van der Waals surface area (Å²) < 4.78 is 29.5. The van der Waals surface area contributed by atoms with Crippen LogP contribution in [0.25, 0.3) is 0 Å². The quantitative estimate of drug-likeness (QED) is 0.736. The fourth-order valence-corrected chi connectivity index (χ4v) is 1.90. The molecule has 22 heavy (non-hydrogen) atoms. The van der Waals surface area contributed by atoms with Crippen molar-refractivity contribution in [3.63, 3.8) is 0 Å². The first kappa shape index (κ1) is 15.6. The molecule has 0 unspecified atom stereocenters. The van der Waals surface area contributed by atoms with Crippen LogP contribution < -0.4 is 14.2 Å². The monoisotopic (exact) mass is 301 g/mol. The Labute approximate surface area is 128 Å². The highest BCUT2D eigenvalue weighted by Crippen LogP contribution is 2.28. The summed E-state index contributed by atoms with van der Waals surface area (Å²) in [5.74, 6) is 0.906. The fraction of sp³-hybridized carbons (Fsp3) is 0.235. The molecule has 0 radical (unpaired) electrons. The Morgan fingerprint density at radius 2 is 1.73 bits per heavy atom. The van der Waals surface area contributed by atoms with Gasteiger partial charge in [0.05, 0.1) is 19.6 Å². The van der Waals surface area contributed by atoms with E-state index in [2.05, 4.69) is 6.07 Å². The van der Waals surface area contributed by atoms with Crippen LogP contribution in [0.15, 0.2) is 42.5 Å². The Hall–Kier alpha value is -2.74. The van der Waals surface area contributed by atoms with Crippen LogP contribution in [0.1, 0.15) is 5.56 Å². The maximum absolute atomic E-state index is 13.4. The van der Waals surface area contributed by atoms with Gasteiger partial charge in [-0.2, -0.15) is 5.26 Å². The van der Waals surface area contributed by atoms with Crippen LogP contribution in [-0.2, 0) is 6.42 Å². The molecule has 2 aromatic rings. The SMILES string of the molecule is COc1cc(CC#N)ccc1OCCOc1ccccc1F. The number of nitriles is 1. The van der Waals surface area contributed by atoms with E-state index in [-0.39, 0.29) is 19.0 Å². The van der Waals surface area contributed by atoms with Crippen molar-refractivity contribution >= 4 is 0 Å². The molecule has 0 heterocycles. The summed E-state index contributed by atoms with van der Waals surface area (Å²) in [6.45, 7) is 0.465. The zero-order chi connectivity index (χ0) is 15.8. The van der Waals surface area contributed by atoms with E-state index >= 15 is 0 Å². The summed E-state index contributed by atoms with van der Waals surface area (Å²) in [5.41, 5.74) is 0.856. The highest BCUT2D eigenvalue weighted by molar-refractivity contribution is 5.43. The topological polar surface area (TPSA) is 51.5 Å². The van der Waals surface area contributed by atoms with Crippen molar-refractivity contribution in [1.82, 2.24) is 0 Å². The van der Waals surface area contributed by atoms with Gasteiger partial charge in [-0.25, -0.2) is 4.39 Å². The smallest absolute Gasteiger partial charge is 0.165 e. The molecule has 0 saturated heterocycles. The van der Waals surface area contributed by atoms with E-state index in [0.717, 1.165) is 5.56 Å². The van der Waals surface area contributed by atoms with Crippen LogP contribution in [0.4, 0.5) is 4.39 Å². The van der Waals surface area contributed by atoms with Crippen LogP contribution >= 0.6 is 0 Å². The number of methoxy groups -OCH3 is 1. The molecule has 0 aliphatic rings. The first-order valence-electron chi connectivity index (χ1n) is 6.78. The molecular weight excluding hydrogens is 285 g/mol. The van der Waals surface area contributed by atoms with Gasteiger partial charge in [0.25, 0.3) is 0 Å². The fourth-order valence-electron chi connectivity index (χ4n) is 1.90. The zero-order valence-electron chi connectivity index (χ0n) is 12.2. The van der Waals surface area contributed by atoms with E-state index in [1.165, 1.54) is 13.2 Å². The minimum atomic E-state index is -0.402. The number of ether oxygens (including phenoxy) is 3. The van der Waals surface area contributed by atoms with Gasteiger partial charge in [0, 0.05) is 0 Å². The molecule has 0 aliphatic heterocycles. The Balaban J connectivity index is 1.89. The molecule has 114 valence electrons. The van der Waals surface area contributed by atoms with E-state index in [4.69, 9.17) is 19.5 Å². The third-order valence-electron chi connectivity index (χ3n) is 2.95. The number of hydrogen-bond acceptors (Lipinski definition) is 4. The van der Waals surface area contributed by atoms with E-state index in [1.54, 1.807) is 36.4 Å². The van der Waals surface area contributed by atoms with Crippen molar-refractivity contribution in [1.29, 1.82) is 5.26 Å². The largest absolute Gasteiger partial charge is 0.493 e. The van der Waals surface area contributed by atoms with E-state index in [1.807, 2.05) is 0 Å².